The van der Waals surface area contributed by atoms with Crippen molar-refractivity contribution in [1.29, 1.82) is 0 Å². The van der Waals surface area contributed by atoms with Crippen molar-refractivity contribution in [2.75, 3.05) is 32.7 Å². The predicted molar refractivity (Wildman–Crippen MR) is 147 cm³/mol. The van der Waals surface area contributed by atoms with Crippen LogP contribution in [0, 0.1) is 0 Å². The third-order valence-corrected chi connectivity index (χ3v) is 6.94. The van der Waals surface area contributed by atoms with Crippen LogP contribution >= 0.6 is 0 Å². The number of carbonyl (C=O) groups is 4. The van der Waals surface area contributed by atoms with E-state index in [-0.39, 0.29) is 25.2 Å². The standard InChI is InChI=1S/C29H33F3N4O5/c1-20(23-9-4-7-21-6-2-3-8-24(21)23)35-15-11-22(12-16-35)36(17-13-25(37)29(30,31)32)19-27(39)34-18-26(38)33-14-5-10-28(40)41/h2-10,13,17,20,22H,11-12,14-16,18-19H2,1H3,(H,33,38)(H,34,39)(H,40,41)/b10-5+,17-13+. The molecule has 0 spiro atoms. The van der Waals surface area contributed by atoms with E-state index >= 15 is 0 Å². The number of piperidine rings is 1. The number of halogens is 3. The number of hydrogen-bond donors (Lipinski definition) is 3. The molecule has 2 amide bonds. The smallest absolute Gasteiger partial charge is 0.454 e. The number of carbonyl (C=O) groups excluding carboxylic acids is 3. The van der Waals surface area contributed by atoms with Crippen molar-refractivity contribution in [2.45, 2.75) is 38.0 Å². The fourth-order valence-electron chi connectivity index (χ4n) is 4.77. The zero-order valence-corrected chi connectivity index (χ0v) is 22.6. The molecule has 0 aliphatic carbocycles. The highest BCUT2D eigenvalue weighted by atomic mass is 19.4. The molecule has 41 heavy (non-hydrogen) atoms. The number of ketones is 1. The van der Waals surface area contributed by atoms with Crippen molar-refractivity contribution >= 4 is 34.3 Å². The highest BCUT2D eigenvalue weighted by Gasteiger charge is 2.36. The number of carboxylic acids is 1. The van der Waals surface area contributed by atoms with Gasteiger partial charge in [-0.15, -0.1) is 0 Å². The first-order valence-corrected chi connectivity index (χ1v) is 13.2. The lowest BCUT2D eigenvalue weighted by Gasteiger charge is -2.40. The molecule has 1 heterocycles. The second-order valence-corrected chi connectivity index (χ2v) is 9.68. The summed E-state index contributed by atoms with van der Waals surface area (Å²) < 4.78 is 38.4. The molecule has 3 N–H and O–H groups in total. The van der Waals surface area contributed by atoms with E-state index in [0.717, 1.165) is 23.0 Å². The van der Waals surface area contributed by atoms with Crippen LogP contribution in [0.1, 0.15) is 31.4 Å². The van der Waals surface area contributed by atoms with Crippen LogP contribution in [0.15, 0.2) is 66.9 Å². The molecular formula is C29H33F3N4O5. The molecule has 2 aromatic rings. The van der Waals surface area contributed by atoms with Crippen LogP contribution in [0.3, 0.4) is 0 Å². The first kappa shape index (κ1) is 31.3. The maximum absolute atomic E-state index is 12.8. The molecule has 2 aromatic carbocycles. The second-order valence-electron chi connectivity index (χ2n) is 9.68. The zero-order valence-electron chi connectivity index (χ0n) is 22.6. The van der Waals surface area contributed by atoms with E-state index in [2.05, 4.69) is 46.7 Å². The Morgan fingerprint density at radius 3 is 2.39 bits per heavy atom. The molecule has 1 atom stereocenters. The molecule has 12 heteroatoms. The molecule has 1 aliphatic rings. The van der Waals surface area contributed by atoms with Crippen molar-refractivity contribution in [1.82, 2.24) is 20.4 Å². The number of carboxylic acid groups (broad SMARTS) is 1. The Morgan fingerprint density at radius 2 is 1.71 bits per heavy atom. The summed E-state index contributed by atoms with van der Waals surface area (Å²) in [5, 5.41) is 15.6. The number of benzene rings is 2. The molecule has 1 saturated heterocycles. The quantitative estimate of drug-likeness (QED) is 0.333. The van der Waals surface area contributed by atoms with Gasteiger partial charge in [0, 0.05) is 50.1 Å². The summed E-state index contributed by atoms with van der Waals surface area (Å²) in [4.78, 5) is 50.1. The molecule has 0 bridgehead atoms. The largest absolute Gasteiger partial charge is 0.478 e. The van der Waals surface area contributed by atoms with E-state index in [1.54, 1.807) is 0 Å². The van der Waals surface area contributed by atoms with Gasteiger partial charge in [-0.1, -0.05) is 48.5 Å². The zero-order chi connectivity index (χ0) is 30.0. The molecule has 0 aromatic heterocycles. The topological polar surface area (TPSA) is 119 Å². The van der Waals surface area contributed by atoms with Crippen molar-refractivity contribution in [3.8, 4) is 0 Å². The maximum Gasteiger partial charge on any atom is 0.454 e. The molecular weight excluding hydrogens is 541 g/mol. The average molecular weight is 575 g/mol. The average Bonchev–Trinajstić information content (AvgIpc) is 2.95. The summed E-state index contributed by atoms with van der Waals surface area (Å²) in [5.74, 6) is -4.38. The molecule has 220 valence electrons. The number of nitrogens with one attached hydrogen (secondary N) is 2. The minimum Gasteiger partial charge on any atom is -0.478 e. The van der Waals surface area contributed by atoms with Gasteiger partial charge in [0.2, 0.25) is 11.8 Å². The number of rotatable bonds is 12. The van der Waals surface area contributed by atoms with Crippen LogP contribution in [0.25, 0.3) is 10.8 Å². The van der Waals surface area contributed by atoms with E-state index in [0.29, 0.717) is 32.0 Å². The molecule has 0 saturated carbocycles. The third kappa shape index (κ3) is 9.45. The Kier molecular flexibility index (Phi) is 11.0. The van der Waals surface area contributed by atoms with Gasteiger partial charge in [-0.05, 0) is 36.1 Å². The molecule has 0 radical (unpaired) electrons. The molecule has 1 unspecified atom stereocenters. The highest BCUT2D eigenvalue weighted by molar-refractivity contribution is 5.94. The Balaban J connectivity index is 1.62. The molecule has 3 rings (SSSR count). The van der Waals surface area contributed by atoms with E-state index in [4.69, 9.17) is 5.11 Å². The van der Waals surface area contributed by atoms with Crippen molar-refractivity contribution in [3.63, 3.8) is 0 Å². The van der Waals surface area contributed by atoms with Gasteiger partial charge >= 0.3 is 12.1 Å². The second kappa shape index (κ2) is 14.4. The minimum atomic E-state index is -5.03. The third-order valence-electron chi connectivity index (χ3n) is 6.94. The van der Waals surface area contributed by atoms with Crippen molar-refractivity contribution in [2.24, 2.45) is 0 Å². The van der Waals surface area contributed by atoms with Gasteiger partial charge in [0.25, 0.3) is 5.78 Å². The van der Waals surface area contributed by atoms with Crippen LogP contribution in [0.2, 0.25) is 0 Å². The number of allylic oxidation sites excluding steroid dienone is 1. The molecule has 1 fully saturated rings. The summed E-state index contributed by atoms with van der Waals surface area (Å²) in [7, 11) is 0. The summed E-state index contributed by atoms with van der Waals surface area (Å²) in [6, 6.07) is 14.0. The number of alkyl halides is 3. The lowest BCUT2D eigenvalue weighted by Crippen LogP contribution is -2.47. The van der Waals surface area contributed by atoms with Gasteiger partial charge in [-0.2, -0.15) is 13.2 Å². The molecule has 1 aliphatic heterocycles. The Bertz CT molecular complexity index is 1300. The van der Waals surface area contributed by atoms with Gasteiger partial charge in [-0.3, -0.25) is 19.3 Å². The summed E-state index contributed by atoms with van der Waals surface area (Å²) in [6.45, 7) is 2.56. The number of fused-ring (bicyclic) bond motifs is 1. The first-order valence-electron chi connectivity index (χ1n) is 13.2. The van der Waals surface area contributed by atoms with E-state index < -0.39 is 36.3 Å². The van der Waals surface area contributed by atoms with Gasteiger partial charge in [0.1, 0.15) is 0 Å². The Hall–Kier alpha value is -4.19. The normalized spacial score (nSPS) is 15.7. The van der Waals surface area contributed by atoms with Crippen LogP contribution in [-0.2, 0) is 19.2 Å². The van der Waals surface area contributed by atoms with Crippen molar-refractivity contribution in [3.05, 3.63) is 72.5 Å². The monoisotopic (exact) mass is 574 g/mol. The minimum absolute atomic E-state index is 0.0504. The van der Waals surface area contributed by atoms with Gasteiger partial charge < -0.3 is 20.6 Å². The highest BCUT2D eigenvalue weighted by Crippen LogP contribution is 2.31. The van der Waals surface area contributed by atoms with Gasteiger partial charge in [0.15, 0.2) is 0 Å². The number of hydrogen-bond acceptors (Lipinski definition) is 6. The number of nitrogens with zero attached hydrogens (tertiary/aromatic N) is 2. The number of amides is 2. The van der Waals surface area contributed by atoms with Crippen LogP contribution in [0.4, 0.5) is 13.2 Å². The van der Waals surface area contributed by atoms with E-state index in [1.807, 2.05) is 18.2 Å². The van der Waals surface area contributed by atoms with Crippen molar-refractivity contribution < 1.29 is 37.5 Å². The van der Waals surface area contributed by atoms with Gasteiger partial charge in [0.05, 0.1) is 13.1 Å². The predicted octanol–water partition coefficient (Wildman–Crippen LogP) is 3.19. The van der Waals surface area contributed by atoms with Crippen LogP contribution < -0.4 is 10.6 Å². The Morgan fingerprint density at radius 1 is 1.02 bits per heavy atom. The number of likely N-dealkylation sites (tertiary alicyclic amines) is 1. The maximum atomic E-state index is 12.8. The van der Waals surface area contributed by atoms with Crippen LogP contribution in [0.5, 0.6) is 0 Å². The van der Waals surface area contributed by atoms with E-state index in [9.17, 15) is 32.3 Å². The number of aliphatic carboxylic acids is 1. The summed E-state index contributed by atoms with van der Waals surface area (Å²) in [5.41, 5.74) is 1.17. The lowest BCUT2D eigenvalue weighted by atomic mass is 9.95. The molecule has 9 nitrogen and oxygen atoms in total. The summed E-state index contributed by atoms with van der Waals surface area (Å²) in [6.07, 6.45) is -0.443. The first-order chi connectivity index (χ1) is 19.5. The lowest BCUT2D eigenvalue weighted by molar-refractivity contribution is -0.165. The van der Waals surface area contributed by atoms with Crippen LogP contribution in [-0.4, -0.2) is 83.4 Å². The van der Waals surface area contributed by atoms with Gasteiger partial charge in [-0.25, -0.2) is 4.79 Å². The SMILES string of the molecule is CC(c1cccc2ccccc12)N1CCC(N(/C=C/C(=O)C(F)(F)F)CC(=O)NCC(=O)NC/C=C/C(=O)O)CC1. The fraction of sp³-hybridized carbons (Fsp3) is 0.379. The summed E-state index contributed by atoms with van der Waals surface area (Å²) >= 11 is 0. The fourth-order valence-corrected chi connectivity index (χ4v) is 4.77. The Labute approximate surface area is 235 Å². The van der Waals surface area contributed by atoms with E-state index in [1.165, 1.54) is 16.5 Å².